The Balaban J connectivity index is 1.44. The van der Waals surface area contributed by atoms with Crippen LogP contribution in [0.1, 0.15) is 0 Å². The fourth-order valence-electron chi connectivity index (χ4n) is 7.14. The average molecular weight is 1370 g/mol. The van der Waals surface area contributed by atoms with E-state index in [9.17, 15) is 0 Å². The van der Waals surface area contributed by atoms with Gasteiger partial charge < -0.3 is 0 Å². The SMILES string of the molecule is c1ccc([Se]c2c([Se]c3ccccc3)c([Se]c3ccccc3)c3c([Se]c4ccccc4)c([Se]c4ccccc4)c([Se]c4ccccc4)c([Se]c4ccccc4)c3c2[Se]c2ccccc2)cc1. The molecule has 0 heterocycles. The van der Waals surface area contributed by atoms with Crippen LogP contribution in [-0.4, -0.2) is 120 Å². The van der Waals surface area contributed by atoms with Crippen LogP contribution in [0.5, 0.6) is 0 Å². The molecule has 0 aliphatic rings. The van der Waals surface area contributed by atoms with E-state index in [-0.39, 0.29) is 120 Å². The number of hydrogen-bond donors (Lipinski definition) is 0. The van der Waals surface area contributed by atoms with Crippen molar-refractivity contribution < 1.29 is 0 Å². The van der Waals surface area contributed by atoms with E-state index >= 15 is 0 Å². The van der Waals surface area contributed by atoms with Gasteiger partial charge in [0.15, 0.2) is 0 Å². The van der Waals surface area contributed by atoms with E-state index in [0.717, 1.165) is 0 Å². The summed E-state index contributed by atoms with van der Waals surface area (Å²) in [6.45, 7) is 0. The summed E-state index contributed by atoms with van der Waals surface area (Å²) in [6, 6.07) is 91.8. The minimum absolute atomic E-state index is 0.0484. The summed E-state index contributed by atoms with van der Waals surface area (Å²) in [5.74, 6) is 0. The molecule has 8 heteroatoms. The van der Waals surface area contributed by atoms with Crippen molar-refractivity contribution in [2.45, 2.75) is 0 Å². The Morgan fingerprint density at radius 2 is 0.258 bits per heavy atom. The molecule has 0 aliphatic carbocycles. The molecule has 320 valence electrons. The van der Waals surface area contributed by atoms with Gasteiger partial charge in [-0.3, -0.25) is 0 Å². The van der Waals surface area contributed by atoms with E-state index in [2.05, 4.69) is 243 Å². The van der Waals surface area contributed by atoms with Crippen LogP contribution in [0.4, 0.5) is 0 Å². The molecular formula is C58H40Se8. The molecule has 0 aromatic heterocycles. The van der Waals surface area contributed by atoms with E-state index in [0.29, 0.717) is 0 Å². The average Bonchev–Trinajstić information content (AvgIpc) is 3.38. The molecule has 0 fully saturated rings. The van der Waals surface area contributed by atoms with Crippen LogP contribution < -0.4 is 71.4 Å². The fourth-order valence-corrected chi connectivity index (χ4v) is 30.9. The number of fused-ring (bicyclic) bond motifs is 1. The standard InChI is InChI=1S/C58H40Se8/c1-9-25-41(26-10-1)59-51-49-50(53(61-43-29-13-3-14-30-43)56(64-46-35-19-6-20-36-46)55(51)63-45-33-17-5-18-34-45)54(62-44-31-15-4-16-32-44)58(66-48-39-23-8-24-40-48)57(65-47-37-21-7-22-38-47)52(49)60-42-27-11-2-12-28-42/h1-40H. The van der Waals surface area contributed by atoms with Crippen LogP contribution in [0.2, 0.25) is 0 Å². The van der Waals surface area contributed by atoms with E-state index in [1.54, 1.807) is 46.5 Å². The molecule has 10 aromatic carbocycles. The maximum absolute atomic E-state index is 2.40. The maximum atomic E-state index is 2.40. The third-order valence-electron chi connectivity index (χ3n) is 10.1. The number of hydrogen-bond acceptors (Lipinski definition) is 0. The molecule has 0 N–H and O–H groups in total. The summed E-state index contributed by atoms with van der Waals surface area (Å²) in [5, 5.41) is 3.17. The minimum atomic E-state index is 0.0484. The first-order valence-corrected chi connectivity index (χ1v) is 35.0. The summed E-state index contributed by atoms with van der Waals surface area (Å²) in [4.78, 5) is 0. The number of rotatable bonds is 16. The van der Waals surface area contributed by atoms with E-state index in [4.69, 9.17) is 0 Å². The molecule has 0 radical (unpaired) electrons. The van der Waals surface area contributed by atoms with E-state index in [1.165, 1.54) is 35.7 Å². The van der Waals surface area contributed by atoms with Gasteiger partial charge >= 0.3 is 444 Å². The van der Waals surface area contributed by atoms with Crippen LogP contribution >= 0.6 is 0 Å². The molecule has 0 nitrogen and oxygen atoms in total. The third-order valence-corrected chi connectivity index (χ3v) is 32.8. The monoisotopic (exact) mass is 1380 g/mol. The summed E-state index contributed by atoms with van der Waals surface area (Å²) >= 11 is 0.503. The Morgan fingerprint density at radius 1 is 0.136 bits per heavy atom. The van der Waals surface area contributed by atoms with Crippen LogP contribution in [0, 0.1) is 0 Å². The Bertz CT molecular complexity index is 2710. The zero-order chi connectivity index (χ0) is 44.3. The van der Waals surface area contributed by atoms with Gasteiger partial charge in [-0.25, -0.2) is 0 Å². The van der Waals surface area contributed by atoms with Crippen molar-refractivity contribution in [2.75, 3.05) is 0 Å². The van der Waals surface area contributed by atoms with Gasteiger partial charge in [0, 0.05) is 0 Å². The Hall–Kier alpha value is -3.38. The molecule has 0 saturated heterocycles. The van der Waals surface area contributed by atoms with Gasteiger partial charge in [-0.1, -0.05) is 0 Å². The Morgan fingerprint density at radius 3 is 0.394 bits per heavy atom. The Labute approximate surface area is 439 Å². The molecule has 10 aromatic rings. The molecule has 0 unspecified atom stereocenters. The molecule has 10 rings (SSSR count). The first-order chi connectivity index (χ1) is 32.7. The van der Waals surface area contributed by atoms with Gasteiger partial charge in [-0.05, 0) is 0 Å². The summed E-state index contributed by atoms with van der Waals surface area (Å²) in [7, 11) is 0. The van der Waals surface area contributed by atoms with Gasteiger partial charge in [-0.15, -0.1) is 0 Å². The van der Waals surface area contributed by atoms with E-state index < -0.39 is 0 Å². The van der Waals surface area contributed by atoms with Crippen molar-refractivity contribution in [1.82, 2.24) is 0 Å². The second-order valence-corrected chi connectivity index (χ2v) is 32.9. The topological polar surface area (TPSA) is 0 Å². The van der Waals surface area contributed by atoms with Crippen molar-refractivity contribution in [3.8, 4) is 0 Å². The second kappa shape index (κ2) is 23.3. The molecule has 0 bridgehead atoms. The Kier molecular flexibility index (Phi) is 16.3. The molecule has 0 aliphatic heterocycles. The van der Waals surface area contributed by atoms with Crippen molar-refractivity contribution >= 4 is 202 Å². The third kappa shape index (κ3) is 11.5. The predicted molar refractivity (Wildman–Crippen MR) is 296 cm³/mol. The molecule has 0 saturated carbocycles. The number of benzene rings is 10. The van der Waals surface area contributed by atoms with Crippen molar-refractivity contribution in [1.29, 1.82) is 0 Å². The molecular weight excluding hydrogens is 1330 g/mol. The zero-order valence-electron chi connectivity index (χ0n) is 35.4. The van der Waals surface area contributed by atoms with Crippen LogP contribution in [0.3, 0.4) is 0 Å². The quantitative estimate of drug-likeness (QED) is 0.121. The second-order valence-electron chi connectivity index (χ2n) is 14.7. The van der Waals surface area contributed by atoms with E-state index in [1.807, 2.05) is 0 Å². The van der Waals surface area contributed by atoms with Gasteiger partial charge in [0.25, 0.3) is 0 Å². The summed E-state index contributed by atoms with van der Waals surface area (Å²) < 4.78 is 24.5. The van der Waals surface area contributed by atoms with Crippen LogP contribution in [0.15, 0.2) is 243 Å². The van der Waals surface area contributed by atoms with Gasteiger partial charge in [0.1, 0.15) is 0 Å². The predicted octanol–water partition coefficient (Wildman–Crippen LogP) is 0.0798. The van der Waals surface area contributed by atoms with Crippen molar-refractivity contribution in [3.63, 3.8) is 0 Å². The molecule has 0 atom stereocenters. The van der Waals surface area contributed by atoms with Crippen molar-refractivity contribution in [2.24, 2.45) is 0 Å². The van der Waals surface area contributed by atoms with Crippen LogP contribution in [0.25, 0.3) is 10.8 Å². The fraction of sp³-hybridized carbons (Fsp3) is 0. The van der Waals surface area contributed by atoms with Gasteiger partial charge in [-0.2, -0.15) is 0 Å². The molecule has 66 heavy (non-hydrogen) atoms. The molecule has 0 spiro atoms. The zero-order valence-corrected chi connectivity index (χ0v) is 49.1. The summed E-state index contributed by atoms with van der Waals surface area (Å²) in [5.41, 5.74) is 0. The normalized spacial score (nSPS) is 11.2. The van der Waals surface area contributed by atoms with Crippen molar-refractivity contribution in [3.05, 3.63) is 243 Å². The first-order valence-electron chi connectivity index (χ1n) is 21.3. The van der Waals surface area contributed by atoms with Crippen LogP contribution in [-0.2, 0) is 0 Å². The first kappa shape index (κ1) is 46.4. The molecule has 0 amide bonds. The summed E-state index contributed by atoms with van der Waals surface area (Å²) in [6.07, 6.45) is 0. The van der Waals surface area contributed by atoms with Gasteiger partial charge in [0.05, 0.1) is 0 Å². The van der Waals surface area contributed by atoms with Gasteiger partial charge in [0.2, 0.25) is 0 Å².